The van der Waals surface area contributed by atoms with Gasteiger partial charge >= 0.3 is 5.97 Å². The van der Waals surface area contributed by atoms with E-state index in [0.717, 1.165) is 48.8 Å². The van der Waals surface area contributed by atoms with Crippen molar-refractivity contribution < 1.29 is 19.0 Å². The Kier molecular flexibility index (Phi) is 7.19. The number of rotatable bonds is 5. The van der Waals surface area contributed by atoms with E-state index in [2.05, 4.69) is 23.1 Å². The number of nitrogens with zero attached hydrogens (tertiary/aromatic N) is 1. The second-order valence-electron chi connectivity index (χ2n) is 11.9. The largest absolute Gasteiger partial charge is 0.505 e. The summed E-state index contributed by atoms with van der Waals surface area (Å²) in [6, 6.07) is 12.1. The Balaban J connectivity index is 1.52. The molecule has 1 saturated carbocycles. The van der Waals surface area contributed by atoms with E-state index in [1.165, 1.54) is 24.0 Å². The lowest BCUT2D eigenvalue weighted by molar-refractivity contribution is 0.00695. The van der Waals surface area contributed by atoms with Gasteiger partial charge in [-0.05, 0) is 112 Å². The van der Waals surface area contributed by atoms with E-state index in [0.29, 0.717) is 24.0 Å². The van der Waals surface area contributed by atoms with Crippen molar-refractivity contribution in [1.82, 2.24) is 0 Å². The Bertz CT molecular complexity index is 1190. The quantitative estimate of drug-likeness (QED) is 0.313. The number of aryl methyl sites for hydroxylation is 1. The van der Waals surface area contributed by atoms with Gasteiger partial charge in [-0.2, -0.15) is 0 Å². The number of hydrogen-bond acceptors (Lipinski definition) is 5. The molecule has 6 heteroatoms. The van der Waals surface area contributed by atoms with Crippen LogP contribution in [0.5, 0.6) is 5.75 Å². The van der Waals surface area contributed by atoms with E-state index in [4.69, 9.17) is 25.8 Å². The van der Waals surface area contributed by atoms with E-state index in [-0.39, 0.29) is 11.4 Å². The Hall–Kier alpha value is -2.66. The van der Waals surface area contributed by atoms with Crippen molar-refractivity contribution in [2.45, 2.75) is 63.9 Å². The molecule has 5 nitrogen and oxygen atoms in total. The van der Waals surface area contributed by atoms with Crippen molar-refractivity contribution >= 4 is 23.3 Å². The smallest absolute Gasteiger partial charge is 0.338 e. The number of esters is 1. The number of carbonyl (C=O) groups excluding carboxylic acids is 1. The maximum atomic E-state index is 13.0. The molecule has 2 aromatic carbocycles. The standard InChI is InChI=1S/C31H38ClNO4/c1-30(2,3)37-29(34)23-9-12-28-27(17-23)33(18-24-8-7-21(24)13-15-35-4)19-31(20-36-28)14-5-6-22-16-25(32)10-11-26(22)31/h9-13,15-17,21,24H,5-8,14,18-20H2,1-4H3/b15-13+/t21-,24-,31-/m0/s1. The monoisotopic (exact) mass is 523 g/mol. The van der Waals surface area contributed by atoms with Crippen LogP contribution in [0.1, 0.15) is 67.9 Å². The average molecular weight is 524 g/mol. The third-order valence-corrected chi connectivity index (χ3v) is 8.30. The van der Waals surface area contributed by atoms with Crippen molar-refractivity contribution in [3.8, 4) is 5.75 Å². The molecule has 5 rings (SSSR count). The van der Waals surface area contributed by atoms with Gasteiger partial charge in [-0.15, -0.1) is 0 Å². The van der Waals surface area contributed by atoms with Gasteiger partial charge in [-0.25, -0.2) is 4.79 Å². The molecule has 3 atom stereocenters. The number of allylic oxidation sites excluding steroid dienone is 1. The zero-order chi connectivity index (χ0) is 26.2. The molecule has 2 aromatic rings. The molecule has 1 spiro atoms. The van der Waals surface area contributed by atoms with Crippen LogP contribution in [0.4, 0.5) is 5.69 Å². The zero-order valence-corrected chi connectivity index (χ0v) is 23.1. The lowest BCUT2D eigenvalue weighted by Crippen LogP contribution is -2.48. The van der Waals surface area contributed by atoms with Crippen LogP contribution in [0.25, 0.3) is 0 Å². The molecule has 1 heterocycles. The van der Waals surface area contributed by atoms with E-state index >= 15 is 0 Å². The minimum absolute atomic E-state index is 0.134. The normalized spacial score (nSPS) is 25.1. The van der Waals surface area contributed by atoms with Crippen molar-refractivity contribution in [3.05, 3.63) is 70.4 Å². The molecule has 3 aliphatic rings. The molecule has 2 aliphatic carbocycles. The molecule has 1 fully saturated rings. The van der Waals surface area contributed by atoms with Gasteiger partial charge in [0, 0.05) is 23.5 Å². The van der Waals surface area contributed by atoms with Gasteiger partial charge in [0.05, 0.1) is 31.2 Å². The minimum atomic E-state index is -0.552. The highest BCUT2D eigenvalue weighted by molar-refractivity contribution is 6.30. The average Bonchev–Trinajstić information content (AvgIpc) is 2.98. The van der Waals surface area contributed by atoms with Crippen LogP contribution in [0.2, 0.25) is 5.02 Å². The fourth-order valence-corrected chi connectivity index (χ4v) is 6.31. The van der Waals surface area contributed by atoms with Crippen LogP contribution in [0.3, 0.4) is 0 Å². The van der Waals surface area contributed by atoms with E-state index in [9.17, 15) is 4.79 Å². The van der Waals surface area contributed by atoms with E-state index in [1.54, 1.807) is 13.4 Å². The Morgan fingerprint density at radius 3 is 2.78 bits per heavy atom. The van der Waals surface area contributed by atoms with E-state index in [1.807, 2.05) is 45.0 Å². The van der Waals surface area contributed by atoms with Crippen LogP contribution < -0.4 is 9.64 Å². The number of ether oxygens (including phenoxy) is 3. The Morgan fingerprint density at radius 2 is 2.05 bits per heavy atom. The summed E-state index contributed by atoms with van der Waals surface area (Å²) in [5.41, 5.74) is 3.51. The van der Waals surface area contributed by atoms with Crippen LogP contribution in [0, 0.1) is 11.8 Å². The summed E-state index contributed by atoms with van der Waals surface area (Å²) >= 11 is 6.38. The number of carbonyl (C=O) groups is 1. The van der Waals surface area contributed by atoms with Gasteiger partial charge in [-0.3, -0.25) is 0 Å². The fraction of sp³-hybridized carbons (Fsp3) is 0.516. The number of halogens is 1. The van der Waals surface area contributed by atoms with Gasteiger partial charge in [0.2, 0.25) is 0 Å². The maximum Gasteiger partial charge on any atom is 0.338 e. The molecule has 1 aliphatic heterocycles. The molecule has 0 saturated heterocycles. The maximum absolute atomic E-state index is 13.0. The topological polar surface area (TPSA) is 48.0 Å². The summed E-state index contributed by atoms with van der Waals surface area (Å²) < 4.78 is 17.5. The molecule has 37 heavy (non-hydrogen) atoms. The molecule has 0 radical (unpaired) electrons. The van der Waals surface area contributed by atoms with Crippen LogP contribution >= 0.6 is 11.6 Å². The highest BCUT2D eigenvalue weighted by Gasteiger charge is 2.43. The first-order chi connectivity index (χ1) is 17.7. The van der Waals surface area contributed by atoms with Crippen molar-refractivity contribution in [2.75, 3.05) is 31.7 Å². The SMILES string of the molecule is CO/C=C/[C@@H]1CC[C@H]1CN1C[C@@]2(CCCc3cc(Cl)ccc32)COc2ccc(C(=O)OC(C)(C)C)cc21. The molecule has 198 valence electrons. The molecular weight excluding hydrogens is 486 g/mol. The lowest BCUT2D eigenvalue weighted by atomic mass is 9.69. The second-order valence-corrected chi connectivity index (χ2v) is 12.3. The summed E-state index contributed by atoms with van der Waals surface area (Å²) in [6.45, 7) is 8.02. The van der Waals surface area contributed by atoms with Crippen molar-refractivity contribution in [2.24, 2.45) is 11.8 Å². The van der Waals surface area contributed by atoms with Crippen LogP contribution in [-0.4, -0.2) is 38.4 Å². The summed E-state index contributed by atoms with van der Waals surface area (Å²) in [7, 11) is 1.70. The second kappa shape index (κ2) is 10.2. The highest BCUT2D eigenvalue weighted by atomic mass is 35.5. The highest BCUT2D eigenvalue weighted by Crippen LogP contribution is 2.46. The van der Waals surface area contributed by atoms with Crippen molar-refractivity contribution in [3.63, 3.8) is 0 Å². The first-order valence-corrected chi connectivity index (χ1v) is 13.8. The predicted molar refractivity (Wildman–Crippen MR) is 148 cm³/mol. The first kappa shape index (κ1) is 26.0. The van der Waals surface area contributed by atoms with Crippen LogP contribution in [-0.2, 0) is 21.3 Å². The zero-order valence-electron chi connectivity index (χ0n) is 22.4. The number of methoxy groups -OCH3 is 1. The molecular formula is C31H38ClNO4. The summed E-state index contributed by atoms with van der Waals surface area (Å²) in [5, 5.41) is 0.787. The minimum Gasteiger partial charge on any atom is -0.505 e. The molecule has 0 amide bonds. The molecule has 0 aromatic heterocycles. The van der Waals surface area contributed by atoms with Crippen molar-refractivity contribution in [1.29, 1.82) is 0 Å². The van der Waals surface area contributed by atoms with Gasteiger partial charge < -0.3 is 19.1 Å². The van der Waals surface area contributed by atoms with Crippen LogP contribution in [0.15, 0.2) is 48.7 Å². The molecule has 0 unspecified atom stereocenters. The predicted octanol–water partition coefficient (Wildman–Crippen LogP) is 6.95. The van der Waals surface area contributed by atoms with E-state index < -0.39 is 5.60 Å². The third-order valence-electron chi connectivity index (χ3n) is 8.06. The summed E-state index contributed by atoms with van der Waals surface area (Å²) in [5.74, 6) is 1.54. The number of benzene rings is 2. The summed E-state index contributed by atoms with van der Waals surface area (Å²) in [6.07, 6.45) is 9.55. The van der Waals surface area contributed by atoms with Gasteiger partial charge in [0.15, 0.2) is 0 Å². The fourth-order valence-electron chi connectivity index (χ4n) is 6.12. The number of hydrogen-bond donors (Lipinski definition) is 0. The molecule has 0 N–H and O–H groups in total. The van der Waals surface area contributed by atoms with Gasteiger partial charge in [0.25, 0.3) is 0 Å². The molecule has 0 bridgehead atoms. The first-order valence-electron chi connectivity index (χ1n) is 13.4. The number of anilines is 1. The van der Waals surface area contributed by atoms with Gasteiger partial charge in [-0.1, -0.05) is 17.7 Å². The Morgan fingerprint density at radius 1 is 1.22 bits per heavy atom. The lowest BCUT2D eigenvalue weighted by Gasteiger charge is -2.44. The number of fused-ring (bicyclic) bond motifs is 3. The van der Waals surface area contributed by atoms with Gasteiger partial charge in [0.1, 0.15) is 11.4 Å². The third kappa shape index (κ3) is 5.47. The summed E-state index contributed by atoms with van der Waals surface area (Å²) in [4.78, 5) is 15.4. The Labute approximate surface area is 225 Å².